The first-order valence-electron chi connectivity index (χ1n) is 8.12. The maximum atomic E-state index is 12.2. The minimum atomic E-state index is -0.452. The first-order chi connectivity index (χ1) is 12.0. The molecule has 1 atom stereocenters. The second-order valence-corrected chi connectivity index (χ2v) is 7.23. The molecule has 2 N–H and O–H groups in total. The SMILES string of the molecule is CSCCC(NC(=S)NCc1ccc2c(c1)OCO2)C(=O)OC(C)C. The van der Waals surface area contributed by atoms with Crippen LogP contribution in [0, 0.1) is 0 Å². The van der Waals surface area contributed by atoms with Gasteiger partial charge in [0, 0.05) is 6.54 Å². The Balaban J connectivity index is 1.86. The second kappa shape index (κ2) is 9.72. The van der Waals surface area contributed by atoms with Gasteiger partial charge in [-0.3, -0.25) is 0 Å². The molecule has 0 aliphatic carbocycles. The number of ether oxygens (including phenoxy) is 3. The van der Waals surface area contributed by atoms with Crippen molar-refractivity contribution in [3.63, 3.8) is 0 Å². The number of thiocarbonyl (C=S) groups is 1. The van der Waals surface area contributed by atoms with E-state index in [0.717, 1.165) is 22.8 Å². The number of rotatable bonds is 8. The van der Waals surface area contributed by atoms with Gasteiger partial charge >= 0.3 is 5.97 Å². The van der Waals surface area contributed by atoms with Gasteiger partial charge < -0.3 is 24.8 Å². The highest BCUT2D eigenvalue weighted by atomic mass is 32.2. The second-order valence-electron chi connectivity index (χ2n) is 5.83. The molecule has 1 unspecified atom stereocenters. The molecule has 0 radical (unpaired) electrons. The Morgan fingerprint density at radius 2 is 2.12 bits per heavy atom. The van der Waals surface area contributed by atoms with Gasteiger partial charge in [-0.25, -0.2) is 4.79 Å². The summed E-state index contributed by atoms with van der Waals surface area (Å²) in [5.74, 6) is 2.04. The van der Waals surface area contributed by atoms with Crippen molar-refractivity contribution < 1.29 is 19.0 Å². The Labute approximate surface area is 158 Å². The Morgan fingerprint density at radius 3 is 2.84 bits per heavy atom. The zero-order chi connectivity index (χ0) is 18.2. The smallest absolute Gasteiger partial charge is 0.328 e. The van der Waals surface area contributed by atoms with Crippen LogP contribution in [0.25, 0.3) is 0 Å². The number of hydrogen-bond donors (Lipinski definition) is 2. The number of carbonyl (C=O) groups is 1. The van der Waals surface area contributed by atoms with E-state index in [2.05, 4.69) is 10.6 Å². The molecule has 138 valence electrons. The van der Waals surface area contributed by atoms with Gasteiger partial charge in [0.25, 0.3) is 0 Å². The van der Waals surface area contributed by atoms with Crippen LogP contribution in [0.1, 0.15) is 25.8 Å². The van der Waals surface area contributed by atoms with Gasteiger partial charge in [-0.2, -0.15) is 11.8 Å². The highest BCUT2D eigenvalue weighted by Gasteiger charge is 2.21. The molecule has 0 bridgehead atoms. The molecule has 0 saturated carbocycles. The summed E-state index contributed by atoms with van der Waals surface area (Å²) < 4.78 is 15.9. The van der Waals surface area contributed by atoms with Crippen molar-refractivity contribution in [2.75, 3.05) is 18.8 Å². The molecule has 1 heterocycles. The van der Waals surface area contributed by atoms with Crippen molar-refractivity contribution in [3.05, 3.63) is 23.8 Å². The molecule has 0 amide bonds. The molecular weight excluding hydrogens is 360 g/mol. The lowest BCUT2D eigenvalue weighted by atomic mass is 10.2. The standard InChI is InChI=1S/C17H24N2O4S2/c1-11(2)23-16(20)13(6-7-25-3)19-17(24)18-9-12-4-5-14-15(8-12)22-10-21-14/h4-5,8,11,13H,6-7,9-10H2,1-3H3,(H2,18,19,24). The van der Waals surface area contributed by atoms with Crippen LogP contribution in [-0.2, 0) is 16.1 Å². The molecule has 2 rings (SSSR count). The van der Waals surface area contributed by atoms with Crippen molar-refractivity contribution in [2.24, 2.45) is 0 Å². The third-order valence-electron chi connectivity index (χ3n) is 3.44. The fourth-order valence-corrected chi connectivity index (χ4v) is 2.93. The van der Waals surface area contributed by atoms with Crippen LogP contribution < -0.4 is 20.1 Å². The summed E-state index contributed by atoms with van der Waals surface area (Å²) in [6.45, 7) is 4.44. The Bertz CT molecular complexity index is 610. The summed E-state index contributed by atoms with van der Waals surface area (Å²) in [4.78, 5) is 12.2. The molecule has 0 spiro atoms. The number of thioether (sulfide) groups is 1. The first-order valence-corrected chi connectivity index (χ1v) is 9.92. The molecule has 25 heavy (non-hydrogen) atoms. The monoisotopic (exact) mass is 384 g/mol. The topological polar surface area (TPSA) is 68.8 Å². The molecule has 0 saturated heterocycles. The minimum Gasteiger partial charge on any atom is -0.461 e. The van der Waals surface area contributed by atoms with Gasteiger partial charge in [-0.15, -0.1) is 0 Å². The summed E-state index contributed by atoms with van der Waals surface area (Å²) >= 11 is 7.00. The summed E-state index contributed by atoms with van der Waals surface area (Å²) in [6, 6.07) is 5.28. The van der Waals surface area contributed by atoms with E-state index < -0.39 is 6.04 Å². The van der Waals surface area contributed by atoms with E-state index in [9.17, 15) is 4.79 Å². The normalized spacial score (nSPS) is 13.4. The van der Waals surface area contributed by atoms with E-state index >= 15 is 0 Å². The van der Waals surface area contributed by atoms with Gasteiger partial charge in [0.15, 0.2) is 16.6 Å². The van der Waals surface area contributed by atoms with E-state index in [1.165, 1.54) is 0 Å². The third-order valence-corrected chi connectivity index (χ3v) is 4.35. The lowest BCUT2D eigenvalue weighted by Gasteiger charge is -2.20. The van der Waals surface area contributed by atoms with Crippen LogP contribution in [0.2, 0.25) is 0 Å². The van der Waals surface area contributed by atoms with E-state index in [4.69, 9.17) is 26.4 Å². The van der Waals surface area contributed by atoms with Gasteiger partial charge in [0.2, 0.25) is 6.79 Å². The zero-order valence-electron chi connectivity index (χ0n) is 14.7. The highest BCUT2D eigenvalue weighted by molar-refractivity contribution is 7.98. The number of fused-ring (bicyclic) bond motifs is 1. The fraction of sp³-hybridized carbons (Fsp3) is 0.529. The minimum absolute atomic E-state index is 0.152. The van der Waals surface area contributed by atoms with E-state index in [0.29, 0.717) is 18.1 Å². The predicted molar refractivity (Wildman–Crippen MR) is 103 cm³/mol. The summed E-state index contributed by atoms with van der Waals surface area (Å²) in [6.07, 6.45) is 2.50. The van der Waals surface area contributed by atoms with Gasteiger partial charge in [0.05, 0.1) is 6.10 Å². The largest absolute Gasteiger partial charge is 0.461 e. The zero-order valence-corrected chi connectivity index (χ0v) is 16.3. The number of hydrogen-bond acceptors (Lipinski definition) is 6. The number of carbonyl (C=O) groups excluding carboxylic acids is 1. The molecule has 8 heteroatoms. The highest BCUT2D eigenvalue weighted by Crippen LogP contribution is 2.32. The van der Waals surface area contributed by atoms with E-state index in [-0.39, 0.29) is 18.9 Å². The lowest BCUT2D eigenvalue weighted by molar-refractivity contribution is -0.149. The van der Waals surface area contributed by atoms with Gasteiger partial charge in [0.1, 0.15) is 6.04 Å². The number of esters is 1. The molecule has 0 aromatic heterocycles. The Kier molecular flexibility index (Phi) is 7.64. The quantitative estimate of drug-likeness (QED) is 0.523. The number of benzene rings is 1. The van der Waals surface area contributed by atoms with Crippen LogP contribution in [0.5, 0.6) is 11.5 Å². The summed E-state index contributed by atoms with van der Waals surface area (Å²) in [7, 11) is 0. The maximum Gasteiger partial charge on any atom is 0.328 e. The Morgan fingerprint density at radius 1 is 1.36 bits per heavy atom. The maximum absolute atomic E-state index is 12.2. The predicted octanol–water partition coefficient (Wildman–Crippen LogP) is 2.45. The van der Waals surface area contributed by atoms with Gasteiger partial charge in [-0.1, -0.05) is 6.07 Å². The fourth-order valence-electron chi connectivity index (χ4n) is 2.24. The summed E-state index contributed by atoms with van der Waals surface area (Å²) in [5.41, 5.74) is 1.01. The molecule has 0 fully saturated rings. The molecular formula is C17H24N2O4S2. The lowest BCUT2D eigenvalue weighted by Crippen LogP contribution is -2.47. The van der Waals surface area contributed by atoms with Crippen LogP contribution in [0.4, 0.5) is 0 Å². The van der Waals surface area contributed by atoms with E-state index in [1.807, 2.05) is 38.3 Å². The molecule has 1 aliphatic rings. The first kappa shape index (κ1) is 19.7. The van der Waals surface area contributed by atoms with Crippen molar-refractivity contribution in [1.29, 1.82) is 0 Å². The average molecular weight is 385 g/mol. The Hall–Kier alpha value is -1.67. The molecule has 1 aromatic rings. The summed E-state index contributed by atoms with van der Waals surface area (Å²) in [5, 5.41) is 6.59. The van der Waals surface area contributed by atoms with E-state index in [1.54, 1.807) is 11.8 Å². The van der Waals surface area contributed by atoms with Crippen LogP contribution in [0.3, 0.4) is 0 Å². The van der Waals surface area contributed by atoms with Crippen LogP contribution in [-0.4, -0.2) is 42.0 Å². The van der Waals surface area contributed by atoms with Crippen molar-refractivity contribution >= 4 is 35.1 Å². The third kappa shape index (κ3) is 6.28. The van der Waals surface area contributed by atoms with Crippen LogP contribution >= 0.6 is 24.0 Å². The van der Waals surface area contributed by atoms with Gasteiger partial charge in [-0.05, 0) is 62.2 Å². The van der Waals surface area contributed by atoms with Crippen molar-refractivity contribution in [1.82, 2.24) is 10.6 Å². The average Bonchev–Trinajstić information content (AvgIpc) is 3.03. The number of nitrogens with one attached hydrogen (secondary N) is 2. The molecule has 1 aliphatic heterocycles. The molecule has 6 nitrogen and oxygen atoms in total. The molecule has 1 aromatic carbocycles. The van der Waals surface area contributed by atoms with Crippen molar-refractivity contribution in [2.45, 2.75) is 39.0 Å². The van der Waals surface area contributed by atoms with Crippen molar-refractivity contribution in [3.8, 4) is 11.5 Å². The van der Waals surface area contributed by atoms with Crippen LogP contribution in [0.15, 0.2) is 18.2 Å².